The molecular formula is C21H22N2O7. The van der Waals surface area contributed by atoms with Gasteiger partial charge < -0.3 is 35.1 Å². The van der Waals surface area contributed by atoms with E-state index in [-0.39, 0.29) is 42.3 Å². The third kappa shape index (κ3) is 4.66. The van der Waals surface area contributed by atoms with Crippen LogP contribution in [0.4, 0.5) is 5.69 Å². The number of nitrogens with one attached hydrogen (secondary N) is 1. The van der Waals surface area contributed by atoms with Crippen molar-refractivity contribution in [1.82, 2.24) is 5.32 Å². The number of hydrogen-bond donors (Lipinski definition) is 5. The first-order chi connectivity index (χ1) is 14.2. The van der Waals surface area contributed by atoms with Crippen molar-refractivity contribution < 1.29 is 29.6 Å². The molecule has 2 aromatic carbocycles. The van der Waals surface area contributed by atoms with Crippen LogP contribution >= 0.6 is 0 Å². The van der Waals surface area contributed by atoms with E-state index in [4.69, 9.17) is 9.52 Å². The van der Waals surface area contributed by atoms with Crippen LogP contribution in [0.15, 0.2) is 57.7 Å². The summed E-state index contributed by atoms with van der Waals surface area (Å²) in [6.45, 7) is 0.0298. The number of likely N-dealkylation sites (N-methyl/N-ethyl adjacent to an activating group) is 1. The Balaban J connectivity index is 2.05. The second-order valence-electron chi connectivity index (χ2n) is 6.77. The van der Waals surface area contributed by atoms with Crippen molar-refractivity contribution in [3.8, 4) is 11.1 Å². The molecule has 9 heteroatoms. The van der Waals surface area contributed by atoms with Gasteiger partial charge in [-0.25, -0.2) is 4.79 Å². The maximum absolute atomic E-state index is 12.2. The Morgan fingerprint density at radius 3 is 2.53 bits per heavy atom. The third-order valence-electron chi connectivity index (χ3n) is 4.56. The maximum Gasteiger partial charge on any atom is 0.336 e. The largest absolute Gasteiger partial charge is 0.423 e. The number of carbonyl (C=O) groups is 1. The van der Waals surface area contributed by atoms with E-state index in [1.807, 2.05) is 0 Å². The molecule has 0 fully saturated rings. The van der Waals surface area contributed by atoms with E-state index in [1.54, 1.807) is 42.3 Å². The number of benzene rings is 2. The predicted octanol–water partition coefficient (Wildman–Crippen LogP) is 0.0919. The van der Waals surface area contributed by atoms with Gasteiger partial charge in [-0.15, -0.1) is 0 Å². The van der Waals surface area contributed by atoms with Crippen LogP contribution in [-0.4, -0.2) is 53.1 Å². The molecule has 1 aromatic heterocycles. The highest BCUT2D eigenvalue weighted by Gasteiger charge is 2.26. The summed E-state index contributed by atoms with van der Waals surface area (Å²) in [5, 5.41) is 40.9. The van der Waals surface area contributed by atoms with Gasteiger partial charge in [-0.1, -0.05) is 24.3 Å². The fourth-order valence-corrected chi connectivity index (χ4v) is 3.18. The topological polar surface area (TPSA) is 143 Å². The van der Waals surface area contributed by atoms with Crippen LogP contribution in [0.5, 0.6) is 0 Å². The normalized spacial score (nSPS) is 11.5. The van der Waals surface area contributed by atoms with Gasteiger partial charge in [0.15, 0.2) is 0 Å². The molecule has 0 atom stereocenters. The molecule has 30 heavy (non-hydrogen) atoms. The predicted molar refractivity (Wildman–Crippen MR) is 110 cm³/mol. The van der Waals surface area contributed by atoms with Gasteiger partial charge in [-0.2, -0.15) is 0 Å². The zero-order chi connectivity index (χ0) is 21.9. The zero-order valence-corrected chi connectivity index (χ0v) is 16.2. The minimum Gasteiger partial charge on any atom is -0.423 e. The number of aliphatic hydroxyl groups excluding tert-OH is 1. The average Bonchev–Trinajstić information content (AvgIpc) is 2.70. The van der Waals surface area contributed by atoms with Crippen LogP contribution < -0.4 is 15.8 Å². The second-order valence-corrected chi connectivity index (χ2v) is 6.77. The lowest BCUT2D eigenvalue weighted by Crippen LogP contribution is -2.36. The Hall–Kier alpha value is -3.24. The average molecular weight is 414 g/mol. The summed E-state index contributed by atoms with van der Waals surface area (Å²) < 4.78 is 5.31. The molecule has 0 aliphatic heterocycles. The van der Waals surface area contributed by atoms with Crippen molar-refractivity contribution in [1.29, 1.82) is 0 Å². The van der Waals surface area contributed by atoms with Gasteiger partial charge in [-0.3, -0.25) is 4.79 Å². The highest BCUT2D eigenvalue weighted by atomic mass is 16.7. The molecule has 0 spiro atoms. The van der Waals surface area contributed by atoms with Crippen LogP contribution in [-0.2, 0) is 10.8 Å². The molecular weight excluding hydrogens is 392 g/mol. The third-order valence-corrected chi connectivity index (χ3v) is 4.56. The summed E-state index contributed by atoms with van der Waals surface area (Å²) in [6, 6.07) is 12.2. The van der Waals surface area contributed by atoms with E-state index < -0.39 is 11.6 Å². The highest BCUT2D eigenvalue weighted by Crippen LogP contribution is 2.34. The van der Waals surface area contributed by atoms with Gasteiger partial charge in [0.1, 0.15) is 5.58 Å². The molecule has 0 radical (unpaired) electrons. The molecule has 0 aliphatic rings. The van der Waals surface area contributed by atoms with E-state index in [0.717, 1.165) is 0 Å². The minimum absolute atomic E-state index is 0.0281. The molecule has 0 saturated heterocycles. The van der Waals surface area contributed by atoms with Crippen molar-refractivity contribution >= 4 is 22.6 Å². The molecule has 0 aliphatic carbocycles. The van der Waals surface area contributed by atoms with Crippen LogP contribution in [0, 0.1) is 0 Å². The van der Waals surface area contributed by atoms with Crippen molar-refractivity contribution in [2.24, 2.45) is 0 Å². The number of anilines is 1. The Bertz CT molecular complexity index is 1120. The van der Waals surface area contributed by atoms with Crippen LogP contribution in [0.25, 0.3) is 22.1 Å². The number of fused-ring (bicyclic) bond motifs is 1. The fourth-order valence-electron chi connectivity index (χ4n) is 3.18. The van der Waals surface area contributed by atoms with Crippen molar-refractivity contribution in [3.63, 3.8) is 0 Å². The molecule has 9 nitrogen and oxygen atoms in total. The van der Waals surface area contributed by atoms with Gasteiger partial charge >= 0.3 is 11.6 Å². The lowest BCUT2D eigenvalue weighted by atomic mass is 9.96. The minimum atomic E-state index is -3.08. The highest BCUT2D eigenvalue weighted by molar-refractivity contribution is 5.96. The summed E-state index contributed by atoms with van der Waals surface area (Å²) in [7, 11) is 1.69. The molecule has 0 bridgehead atoms. The number of aliphatic hydroxyl groups is 4. The van der Waals surface area contributed by atoms with Gasteiger partial charge in [0, 0.05) is 47.9 Å². The molecule has 158 valence electrons. The van der Waals surface area contributed by atoms with E-state index in [9.17, 15) is 24.9 Å². The van der Waals surface area contributed by atoms with Gasteiger partial charge in [-0.05, 0) is 17.7 Å². The van der Waals surface area contributed by atoms with Crippen molar-refractivity contribution in [2.45, 2.75) is 5.97 Å². The first-order valence-electron chi connectivity index (χ1n) is 9.14. The van der Waals surface area contributed by atoms with Crippen LogP contribution in [0.1, 0.15) is 5.56 Å². The molecule has 0 saturated carbocycles. The summed E-state index contributed by atoms with van der Waals surface area (Å²) in [6.07, 6.45) is 0. The Labute approximate surface area is 171 Å². The quantitative estimate of drug-likeness (QED) is 0.270. The van der Waals surface area contributed by atoms with Gasteiger partial charge in [0.2, 0.25) is 5.91 Å². The lowest BCUT2D eigenvalue weighted by molar-refractivity contribution is -0.323. The zero-order valence-electron chi connectivity index (χ0n) is 16.2. The Morgan fingerprint density at radius 2 is 1.83 bits per heavy atom. The molecule has 5 N–H and O–H groups in total. The van der Waals surface area contributed by atoms with Crippen molar-refractivity contribution in [2.75, 3.05) is 31.6 Å². The van der Waals surface area contributed by atoms with Gasteiger partial charge in [0.25, 0.3) is 0 Å². The summed E-state index contributed by atoms with van der Waals surface area (Å²) >= 11 is 0. The van der Waals surface area contributed by atoms with Gasteiger partial charge in [0.05, 0.1) is 13.2 Å². The SMILES string of the molecule is CN(CC(=O)NCCO)c1ccc2c(-c3ccccc3C(O)(O)O)cc(=O)oc2c1. The number of nitrogens with zero attached hydrogens (tertiary/aromatic N) is 1. The number of rotatable bonds is 7. The van der Waals surface area contributed by atoms with Crippen LogP contribution in [0.3, 0.4) is 0 Å². The summed E-state index contributed by atoms with van der Waals surface area (Å²) in [5.74, 6) is -3.36. The molecule has 1 amide bonds. The summed E-state index contributed by atoms with van der Waals surface area (Å²) in [5.41, 5.74) is 0.606. The van der Waals surface area contributed by atoms with Crippen molar-refractivity contribution in [3.05, 3.63) is 64.5 Å². The maximum atomic E-state index is 12.2. The monoisotopic (exact) mass is 414 g/mol. The van der Waals surface area contributed by atoms with E-state index in [0.29, 0.717) is 16.6 Å². The Kier molecular flexibility index (Phi) is 6.18. The number of amides is 1. The molecule has 0 unspecified atom stereocenters. The number of carbonyl (C=O) groups excluding carboxylic acids is 1. The second kappa shape index (κ2) is 8.64. The van der Waals surface area contributed by atoms with E-state index in [2.05, 4.69) is 5.32 Å². The standard InChI is InChI=1S/C21H22N2O7/c1-23(12-19(25)22-8-9-24)13-6-7-15-16(11-20(26)30-18(15)10-13)14-4-2-3-5-17(14)21(27,28)29/h2-7,10-11,24,27-29H,8-9,12H2,1H3,(H,22,25). The summed E-state index contributed by atoms with van der Waals surface area (Å²) in [4.78, 5) is 25.7. The first-order valence-corrected chi connectivity index (χ1v) is 9.14. The molecule has 1 heterocycles. The molecule has 3 rings (SSSR count). The Morgan fingerprint density at radius 1 is 1.10 bits per heavy atom. The fraction of sp³-hybridized carbons (Fsp3) is 0.238. The molecule has 3 aromatic rings. The lowest BCUT2D eigenvalue weighted by Gasteiger charge is -2.20. The first kappa shape index (κ1) is 21.5. The van der Waals surface area contributed by atoms with E-state index >= 15 is 0 Å². The van der Waals surface area contributed by atoms with Crippen LogP contribution in [0.2, 0.25) is 0 Å². The smallest absolute Gasteiger partial charge is 0.336 e. The van der Waals surface area contributed by atoms with E-state index in [1.165, 1.54) is 18.2 Å². The number of hydrogen-bond acceptors (Lipinski definition) is 8.